The molecule has 3 heteroatoms. The van der Waals surface area contributed by atoms with Crippen LogP contribution in [0.2, 0.25) is 0 Å². The Morgan fingerprint density at radius 3 is 2.56 bits per heavy atom. The molecule has 0 radical (unpaired) electrons. The van der Waals surface area contributed by atoms with Gasteiger partial charge in [0.15, 0.2) is 0 Å². The highest BCUT2D eigenvalue weighted by Gasteiger charge is 2.12. The van der Waals surface area contributed by atoms with E-state index in [0.29, 0.717) is 5.92 Å². The van der Waals surface area contributed by atoms with Crippen LogP contribution in [0, 0.1) is 5.92 Å². The average Bonchev–Trinajstić information content (AvgIpc) is 2.73. The zero-order valence-electron chi connectivity index (χ0n) is 11.4. The van der Waals surface area contributed by atoms with Gasteiger partial charge < -0.3 is 5.32 Å². The molecule has 0 bridgehead atoms. The Labute approximate surface area is 109 Å². The van der Waals surface area contributed by atoms with Gasteiger partial charge in [0.25, 0.3) is 0 Å². The van der Waals surface area contributed by atoms with Crippen LogP contribution >= 0.6 is 0 Å². The first-order chi connectivity index (χ1) is 8.72. The summed E-state index contributed by atoms with van der Waals surface area (Å²) in [4.78, 5) is 0. The van der Waals surface area contributed by atoms with Gasteiger partial charge in [0, 0.05) is 24.2 Å². The van der Waals surface area contributed by atoms with Crippen molar-refractivity contribution >= 4 is 0 Å². The van der Waals surface area contributed by atoms with Crippen molar-refractivity contribution < 1.29 is 0 Å². The van der Waals surface area contributed by atoms with Crippen LogP contribution in [0.3, 0.4) is 0 Å². The lowest BCUT2D eigenvalue weighted by Gasteiger charge is -2.12. The minimum Gasteiger partial charge on any atom is -0.316 e. The normalized spacial score (nSPS) is 11.1. The molecule has 0 spiro atoms. The number of nitrogens with one attached hydrogen (secondary N) is 1. The van der Waals surface area contributed by atoms with E-state index >= 15 is 0 Å². The van der Waals surface area contributed by atoms with Crippen molar-refractivity contribution in [2.75, 3.05) is 7.05 Å². The molecule has 0 atom stereocenters. The van der Waals surface area contributed by atoms with Crippen LogP contribution in [0.15, 0.2) is 36.5 Å². The highest BCUT2D eigenvalue weighted by atomic mass is 15.3. The third-order valence-corrected chi connectivity index (χ3v) is 2.87. The molecule has 0 aliphatic carbocycles. The molecule has 0 aliphatic rings. The molecule has 18 heavy (non-hydrogen) atoms. The van der Waals surface area contributed by atoms with Crippen molar-refractivity contribution in [2.45, 2.75) is 26.9 Å². The Hall–Kier alpha value is -1.61. The second-order valence-corrected chi connectivity index (χ2v) is 4.99. The number of hydrogen-bond acceptors (Lipinski definition) is 2. The van der Waals surface area contributed by atoms with Crippen molar-refractivity contribution in [1.29, 1.82) is 0 Å². The molecule has 1 heterocycles. The molecule has 96 valence electrons. The first-order valence-electron chi connectivity index (χ1n) is 6.47. The van der Waals surface area contributed by atoms with E-state index in [4.69, 9.17) is 0 Å². The third-order valence-electron chi connectivity index (χ3n) is 2.87. The number of hydrogen-bond donors (Lipinski definition) is 1. The van der Waals surface area contributed by atoms with Crippen LogP contribution in [-0.2, 0) is 13.1 Å². The Balaban J connectivity index is 2.43. The minimum absolute atomic E-state index is 0.592. The topological polar surface area (TPSA) is 29.9 Å². The summed E-state index contributed by atoms with van der Waals surface area (Å²) in [6, 6.07) is 10.5. The van der Waals surface area contributed by atoms with Gasteiger partial charge in [-0.1, -0.05) is 44.2 Å². The summed E-state index contributed by atoms with van der Waals surface area (Å²) < 4.78 is 2.12. The first kappa shape index (κ1) is 12.8. The van der Waals surface area contributed by atoms with Crippen molar-refractivity contribution in [3.05, 3.63) is 42.1 Å². The zero-order valence-corrected chi connectivity index (χ0v) is 11.4. The molecule has 3 nitrogen and oxygen atoms in total. The molecule has 0 saturated carbocycles. The van der Waals surface area contributed by atoms with E-state index < -0.39 is 0 Å². The van der Waals surface area contributed by atoms with Gasteiger partial charge in [-0.25, -0.2) is 0 Å². The van der Waals surface area contributed by atoms with Gasteiger partial charge >= 0.3 is 0 Å². The summed E-state index contributed by atoms with van der Waals surface area (Å²) in [5.41, 5.74) is 3.73. The quantitative estimate of drug-likeness (QED) is 0.875. The highest BCUT2D eigenvalue weighted by Crippen LogP contribution is 2.24. The lowest BCUT2D eigenvalue weighted by Crippen LogP contribution is -2.10. The summed E-state index contributed by atoms with van der Waals surface area (Å²) >= 11 is 0. The molecule has 2 aromatic rings. The monoisotopic (exact) mass is 243 g/mol. The Bertz CT molecular complexity index is 486. The molecule has 0 unspecified atom stereocenters. The standard InChI is InChI=1S/C15H21N3/c1-12(2)11-18-15(13-7-5-4-6-8-13)14(9-16-3)10-17-18/h4-8,10,12,16H,9,11H2,1-3H3. The summed E-state index contributed by atoms with van der Waals surface area (Å²) in [6.45, 7) is 6.23. The Kier molecular flexibility index (Phi) is 4.15. The molecule has 0 amide bonds. The molecule has 0 fully saturated rings. The fourth-order valence-corrected chi connectivity index (χ4v) is 2.16. The van der Waals surface area contributed by atoms with Crippen LogP contribution in [0.25, 0.3) is 11.3 Å². The van der Waals surface area contributed by atoms with E-state index in [-0.39, 0.29) is 0 Å². The van der Waals surface area contributed by atoms with Crippen molar-refractivity contribution in [2.24, 2.45) is 5.92 Å². The number of nitrogens with zero attached hydrogens (tertiary/aromatic N) is 2. The molecule has 1 aromatic heterocycles. The van der Waals surface area contributed by atoms with E-state index in [9.17, 15) is 0 Å². The summed E-state index contributed by atoms with van der Waals surface area (Å²) in [5.74, 6) is 0.592. The van der Waals surface area contributed by atoms with Crippen LogP contribution in [0.1, 0.15) is 19.4 Å². The lowest BCUT2D eigenvalue weighted by molar-refractivity contribution is 0.487. The van der Waals surface area contributed by atoms with Gasteiger partial charge in [0.05, 0.1) is 11.9 Å². The molecule has 2 rings (SSSR count). The van der Waals surface area contributed by atoms with E-state index in [2.05, 4.69) is 53.2 Å². The molecule has 1 N–H and O–H groups in total. The molecular formula is C15H21N3. The van der Waals surface area contributed by atoms with Crippen LogP contribution in [0.4, 0.5) is 0 Å². The predicted octanol–water partition coefficient (Wildman–Crippen LogP) is 2.93. The maximum atomic E-state index is 4.53. The third kappa shape index (κ3) is 2.79. The van der Waals surface area contributed by atoms with E-state index in [1.165, 1.54) is 16.8 Å². The SMILES string of the molecule is CNCc1cnn(CC(C)C)c1-c1ccccc1. The van der Waals surface area contributed by atoms with E-state index in [0.717, 1.165) is 13.1 Å². The second kappa shape index (κ2) is 5.83. The predicted molar refractivity (Wildman–Crippen MR) is 75.3 cm³/mol. The van der Waals surface area contributed by atoms with Gasteiger partial charge in [-0.2, -0.15) is 5.10 Å². The summed E-state index contributed by atoms with van der Waals surface area (Å²) in [5, 5.41) is 7.74. The van der Waals surface area contributed by atoms with Crippen LogP contribution in [-0.4, -0.2) is 16.8 Å². The highest BCUT2D eigenvalue weighted by molar-refractivity contribution is 5.63. The zero-order chi connectivity index (χ0) is 13.0. The lowest BCUT2D eigenvalue weighted by atomic mass is 10.1. The molecule has 1 aromatic carbocycles. The maximum absolute atomic E-state index is 4.53. The average molecular weight is 243 g/mol. The number of benzene rings is 1. The Morgan fingerprint density at radius 2 is 1.94 bits per heavy atom. The van der Waals surface area contributed by atoms with E-state index in [1.807, 2.05) is 19.3 Å². The van der Waals surface area contributed by atoms with Gasteiger partial charge in [-0.3, -0.25) is 4.68 Å². The van der Waals surface area contributed by atoms with Gasteiger partial charge in [0.1, 0.15) is 0 Å². The number of rotatable bonds is 5. The van der Waals surface area contributed by atoms with Gasteiger partial charge in [0.2, 0.25) is 0 Å². The Morgan fingerprint density at radius 1 is 1.22 bits per heavy atom. The van der Waals surface area contributed by atoms with Crippen LogP contribution in [0.5, 0.6) is 0 Å². The molecular weight excluding hydrogens is 222 g/mol. The van der Waals surface area contributed by atoms with Crippen LogP contribution < -0.4 is 5.32 Å². The van der Waals surface area contributed by atoms with Crippen molar-refractivity contribution in [3.8, 4) is 11.3 Å². The number of aromatic nitrogens is 2. The second-order valence-electron chi connectivity index (χ2n) is 4.99. The first-order valence-corrected chi connectivity index (χ1v) is 6.47. The van der Waals surface area contributed by atoms with Crippen molar-refractivity contribution in [1.82, 2.24) is 15.1 Å². The summed E-state index contributed by atoms with van der Waals surface area (Å²) in [6.07, 6.45) is 1.97. The van der Waals surface area contributed by atoms with Gasteiger partial charge in [-0.15, -0.1) is 0 Å². The van der Waals surface area contributed by atoms with E-state index in [1.54, 1.807) is 0 Å². The van der Waals surface area contributed by atoms with Gasteiger partial charge in [-0.05, 0) is 13.0 Å². The minimum atomic E-state index is 0.592. The fourth-order valence-electron chi connectivity index (χ4n) is 2.16. The maximum Gasteiger partial charge on any atom is 0.0727 e. The molecule has 0 aliphatic heterocycles. The van der Waals surface area contributed by atoms with Crippen molar-refractivity contribution in [3.63, 3.8) is 0 Å². The largest absolute Gasteiger partial charge is 0.316 e. The smallest absolute Gasteiger partial charge is 0.0727 e. The fraction of sp³-hybridized carbons (Fsp3) is 0.400. The molecule has 0 saturated heterocycles. The summed E-state index contributed by atoms with van der Waals surface area (Å²) in [7, 11) is 1.97.